The molecule has 3 rings (SSSR count). The van der Waals surface area contributed by atoms with E-state index >= 15 is 0 Å². The van der Waals surface area contributed by atoms with E-state index in [-0.39, 0.29) is 5.78 Å². The molecule has 0 saturated carbocycles. The van der Waals surface area contributed by atoms with Crippen LogP contribution < -0.4 is 0 Å². The van der Waals surface area contributed by atoms with Crippen LogP contribution in [0.15, 0.2) is 46.9 Å². The number of carbonyl (C=O) groups is 1. The summed E-state index contributed by atoms with van der Waals surface area (Å²) < 4.78 is 2.10. The zero-order valence-corrected chi connectivity index (χ0v) is 11.1. The van der Waals surface area contributed by atoms with Gasteiger partial charge in [0.05, 0.1) is 21.7 Å². The Bertz CT molecular complexity index is 640. The molecule has 2 aromatic heterocycles. The maximum absolute atomic E-state index is 11.8. The van der Waals surface area contributed by atoms with E-state index in [0.717, 1.165) is 14.6 Å². The highest BCUT2D eigenvalue weighted by atomic mass is 32.2. The molecule has 1 N–H and O–H groups in total. The van der Waals surface area contributed by atoms with Crippen molar-refractivity contribution in [3.8, 4) is 0 Å². The summed E-state index contributed by atoms with van der Waals surface area (Å²) in [6, 6.07) is 11.6. The van der Waals surface area contributed by atoms with Crippen LogP contribution in [0, 0.1) is 0 Å². The van der Waals surface area contributed by atoms with E-state index in [1.165, 1.54) is 11.8 Å². The number of nitrogens with one attached hydrogen (secondary N) is 1. The van der Waals surface area contributed by atoms with Gasteiger partial charge in [-0.2, -0.15) is 0 Å². The Hall–Kier alpha value is -1.59. The lowest BCUT2D eigenvalue weighted by Crippen LogP contribution is -2.02. The second-order valence-electron chi connectivity index (χ2n) is 3.74. The van der Waals surface area contributed by atoms with Crippen molar-refractivity contribution < 1.29 is 4.79 Å². The number of benzene rings is 1. The summed E-state index contributed by atoms with van der Waals surface area (Å²) in [4.78, 5) is 19.2. The number of hydrogen-bond donors (Lipinski definition) is 1. The number of nitrogens with zero attached hydrogens (tertiary/aromatic N) is 1. The summed E-state index contributed by atoms with van der Waals surface area (Å²) in [7, 11) is 0. The fraction of sp³-hybridized carbons (Fsp3) is 0.0769. The number of hydrogen-bond acceptors (Lipinski definition) is 4. The Labute approximate surface area is 112 Å². The molecule has 3 aromatic rings. The van der Waals surface area contributed by atoms with Crippen molar-refractivity contribution in [2.24, 2.45) is 0 Å². The fourth-order valence-electron chi connectivity index (χ4n) is 1.62. The van der Waals surface area contributed by atoms with Gasteiger partial charge in [-0.25, -0.2) is 4.98 Å². The van der Waals surface area contributed by atoms with Crippen molar-refractivity contribution in [3.63, 3.8) is 0 Å². The standard InChI is InChI=1S/C13H10N2OS2/c16-11(9-5-3-7-14-9)8-17-13-15-10-4-1-2-6-12(10)18-13/h1-7,14H,8H2. The van der Waals surface area contributed by atoms with Gasteiger partial charge >= 0.3 is 0 Å². The van der Waals surface area contributed by atoms with Crippen molar-refractivity contribution in [1.82, 2.24) is 9.97 Å². The van der Waals surface area contributed by atoms with Gasteiger partial charge in [0.15, 0.2) is 10.1 Å². The molecular formula is C13H10N2OS2. The fourth-order valence-corrected chi connectivity index (χ4v) is 3.57. The summed E-state index contributed by atoms with van der Waals surface area (Å²) in [5, 5.41) is 0. The molecule has 0 radical (unpaired) electrons. The van der Waals surface area contributed by atoms with Gasteiger partial charge in [-0.15, -0.1) is 11.3 Å². The number of para-hydroxylation sites is 1. The number of rotatable bonds is 4. The van der Waals surface area contributed by atoms with Gasteiger partial charge in [-0.05, 0) is 24.3 Å². The predicted octanol–water partition coefficient (Wildman–Crippen LogP) is 3.60. The number of ketones is 1. The predicted molar refractivity (Wildman–Crippen MR) is 75.5 cm³/mol. The molecule has 0 atom stereocenters. The third kappa shape index (κ3) is 2.32. The van der Waals surface area contributed by atoms with Gasteiger partial charge in [0.1, 0.15) is 0 Å². The average molecular weight is 274 g/mol. The first-order valence-electron chi connectivity index (χ1n) is 5.48. The van der Waals surface area contributed by atoms with Crippen LogP contribution in [0.1, 0.15) is 10.5 Å². The maximum atomic E-state index is 11.8. The molecule has 0 saturated heterocycles. The molecule has 18 heavy (non-hydrogen) atoms. The lowest BCUT2D eigenvalue weighted by atomic mass is 10.3. The first-order valence-corrected chi connectivity index (χ1v) is 7.28. The number of thioether (sulfide) groups is 1. The third-order valence-electron chi connectivity index (χ3n) is 2.50. The summed E-state index contributed by atoms with van der Waals surface area (Å²) in [5.74, 6) is 0.518. The van der Waals surface area contributed by atoms with Gasteiger partial charge in [0.25, 0.3) is 0 Å². The number of H-pyrrole nitrogens is 1. The lowest BCUT2D eigenvalue weighted by molar-refractivity contribution is 0.101. The zero-order chi connectivity index (χ0) is 12.4. The molecule has 0 bridgehead atoms. The van der Waals surface area contributed by atoms with Gasteiger partial charge in [0.2, 0.25) is 0 Å². The summed E-state index contributed by atoms with van der Waals surface area (Å²) >= 11 is 3.12. The van der Waals surface area contributed by atoms with E-state index in [1.54, 1.807) is 23.6 Å². The number of carbonyl (C=O) groups excluding carboxylic acids is 1. The van der Waals surface area contributed by atoms with Crippen molar-refractivity contribution in [2.45, 2.75) is 4.34 Å². The summed E-state index contributed by atoms with van der Waals surface area (Å²) in [6.45, 7) is 0. The zero-order valence-electron chi connectivity index (χ0n) is 9.42. The van der Waals surface area contributed by atoms with Crippen LogP contribution in [0.3, 0.4) is 0 Å². The SMILES string of the molecule is O=C(CSc1nc2ccccc2s1)c1ccc[nH]1. The molecule has 90 valence electrons. The Morgan fingerprint density at radius 1 is 1.28 bits per heavy atom. The van der Waals surface area contributed by atoms with Crippen LogP contribution in [0.25, 0.3) is 10.2 Å². The molecule has 0 unspecified atom stereocenters. The van der Waals surface area contributed by atoms with Gasteiger partial charge in [-0.3, -0.25) is 4.79 Å². The average Bonchev–Trinajstić information content (AvgIpc) is 3.04. The summed E-state index contributed by atoms with van der Waals surface area (Å²) in [6.07, 6.45) is 1.76. The lowest BCUT2D eigenvalue weighted by Gasteiger charge is -1.95. The van der Waals surface area contributed by atoms with Crippen molar-refractivity contribution in [1.29, 1.82) is 0 Å². The molecule has 2 heterocycles. The van der Waals surface area contributed by atoms with Crippen LogP contribution in [0.4, 0.5) is 0 Å². The normalized spacial score (nSPS) is 10.9. The number of fused-ring (bicyclic) bond motifs is 1. The number of aromatic nitrogens is 2. The number of Topliss-reactive ketones (excluding diaryl/α,β-unsaturated/α-hetero) is 1. The molecular weight excluding hydrogens is 264 g/mol. The molecule has 0 spiro atoms. The minimum Gasteiger partial charge on any atom is -0.359 e. The van der Waals surface area contributed by atoms with Crippen molar-refractivity contribution in [3.05, 3.63) is 48.3 Å². The molecule has 1 aromatic carbocycles. The molecule has 3 nitrogen and oxygen atoms in total. The van der Waals surface area contributed by atoms with Crippen LogP contribution in [0.2, 0.25) is 0 Å². The highest BCUT2D eigenvalue weighted by Crippen LogP contribution is 2.29. The molecule has 0 amide bonds. The van der Waals surface area contributed by atoms with Crippen molar-refractivity contribution in [2.75, 3.05) is 5.75 Å². The Balaban J connectivity index is 1.71. The topological polar surface area (TPSA) is 45.8 Å². The summed E-state index contributed by atoms with van der Waals surface area (Å²) in [5.41, 5.74) is 1.65. The highest BCUT2D eigenvalue weighted by Gasteiger charge is 2.09. The minimum atomic E-state index is 0.101. The Kier molecular flexibility index (Phi) is 3.17. The molecule has 0 aliphatic rings. The van der Waals surface area contributed by atoms with Crippen LogP contribution in [-0.4, -0.2) is 21.5 Å². The van der Waals surface area contributed by atoms with E-state index < -0.39 is 0 Å². The Morgan fingerprint density at radius 2 is 2.17 bits per heavy atom. The van der Waals surface area contributed by atoms with Gasteiger partial charge in [0, 0.05) is 6.20 Å². The molecule has 0 aliphatic carbocycles. The molecule has 0 aliphatic heterocycles. The second-order valence-corrected chi connectivity index (χ2v) is 6.00. The second kappa shape index (κ2) is 4.96. The quantitative estimate of drug-likeness (QED) is 0.584. The van der Waals surface area contributed by atoms with E-state index in [2.05, 4.69) is 9.97 Å². The Morgan fingerprint density at radius 3 is 2.94 bits per heavy atom. The number of thiazole rings is 1. The van der Waals surface area contributed by atoms with Crippen LogP contribution >= 0.6 is 23.1 Å². The first-order chi connectivity index (χ1) is 8.83. The van der Waals surface area contributed by atoms with E-state index in [9.17, 15) is 4.79 Å². The first kappa shape index (κ1) is 11.5. The highest BCUT2D eigenvalue weighted by molar-refractivity contribution is 8.01. The van der Waals surface area contributed by atoms with E-state index in [0.29, 0.717) is 11.4 Å². The smallest absolute Gasteiger partial charge is 0.189 e. The van der Waals surface area contributed by atoms with E-state index in [1.807, 2.05) is 30.3 Å². The van der Waals surface area contributed by atoms with Gasteiger partial charge in [-0.1, -0.05) is 23.9 Å². The van der Waals surface area contributed by atoms with Crippen molar-refractivity contribution >= 4 is 39.1 Å². The number of aromatic amines is 1. The van der Waals surface area contributed by atoms with Crippen LogP contribution in [-0.2, 0) is 0 Å². The largest absolute Gasteiger partial charge is 0.359 e. The molecule has 5 heteroatoms. The monoisotopic (exact) mass is 274 g/mol. The van der Waals surface area contributed by atoms with Gasteiger partial charge < -0.3 is 4.98 Å². The molecule has 0 fully saturated rings. The van der Waals surface area contributed by atoms with Crippen LogP contribution in [0.5, 0.6) is 0 Å². The van der Waals surface area contributed by atoms with E-state index in [4.69, 9.17) is 0 Å². The minimum absolute atomic E-state index is 0.101. The maximum Gasteiger partial charge on any atom is 0.189 e. The third-order valence-corrected chi connectivity index (χ3v) is 4.68.